The van der Waals surface area contributed by atoms with Gasteiger partial charge in [0.05, 0.1) is 12.4 Å². The van der Waals surface area contributed by atoms with Crippen molar-refractivity contribution < 1.29 is 0 Å². The summed E-state index contributed by atoms with van der Waals surface area (Å²) < 4.78 is 0. The van der Waals surface area contributed by atoms with Crippen LogP contribution in [0.1, 0.15) is 18.1 Å². The van der Waals surface area contributed by atoms with Crippen LogP contribution in [0.15, 0.2) is 29.3 Å². The first-order valence-electron chi connectivity index (χ1n) is 4.68. The minimum atomic E-state index is 0.505. The molecule has 1 aromatic carbocycles. The van der Waals surface area contributed by atoms with Crippen molar-refractivity contribution in [2.45, 2.75) is 19.4 Å². The molecule has 2 nitrogen and oxygen atoms in total. The first kappa shape index (κ1) is 8.30. The van der Waals surface area contributed by atoms with Gasteiger partial charge >= 0.3 is 0 Å². The van der Waals surface area contributed by atoms with Gasteiger partial charge in [-0.05, 0) is 24.5 Å². The molecule has 0 amide bonds. The van der Waals surface area contributed by atoms with Crippen molar-refractivity contribution in [1.29, 1.82) is 0 Å². The lowest BCUT2D eigenvalue weighted by Crippen LogP contribution is -2.11. The van der Waals surface area contributed by atoms with Gasteiger partial charge in [0.2, 0.25) is 0 Å². The second-order valence-corrected chi connectivity index (χ2v) is 3.48. The van der Waals surface area contributed by atoms with Crippen molar-refractivity contribution >= 4 is 6.34 Å². The Balaban J connectivity index is 0.000000102. The van der Waals surface area contributed by atoms with Crippen molar-refractivity contribution in [2.75, 3.05) is 6.54 Å². The summed E-state index contributed by atoms with van der Waals surface area (Å²) in [5.74, 6) is 0. The second kappa shape index (κ2) is 3.60. The van der Waals surface area contributed by atoms with Crippen molar-refractivity contribution in [3.63, 3.8) is 0 Å². The maximum absolute atomic E-state index is 4.00. The van der Waals surface area contributed by atoms with E-state index >= 15 is 0 Å². The number of nitrogens with one attached hydrogen (secondary N) is 1. The van der Waals surface area contributed by atoms with Crippen molar-refractivity contribution in [3.8, 4) is 0 Å². The molecule has 13 heavy (non-hydrogen) atoms. The van der Waals surface area contributed by atoms with Gasteiger partial charge in [-0.3, -0.25) is 4.99 Å². The van der Waals surface area contributed by atoms with Crippen LogP contribution in [0, 0.1) is 0 Å². The highest BCUT2D eigenvalue weighted by Crippen LogP contribution is 2.25. The summed E-state index contributed by atoms with van der Waals surface area (Å²) >= 11 is 0. The third kappa shape index (κ3) is 2.31. The van der Waals surface area contributed by atoms with E-state index in [0.29, 0.717) is 6.04 Å². The topological polar surface area (TPSA) is 24.4 Å². The predicted octanol–water partition coefficient (Wildman–Crippen LogP) is 1.60. The molecule has 0 saturated heterocycles. The zero-order valence-corrected chi connectivity index (χ0v) is 7.83. The molecule has 0 radical (unpaired) electrons. The molecule has 0 aromatic heterocycles. The number of fused-ring (bicyclic) bond motifs is 1. The Kier molecular flexibility index (Phi) is 2.30. The van der Waals surface area contributed by atoms with Crippen molar-refractivity contribution in [2.24, 2.45) is 4.99 Å². The Labute approximate surface area is 78.7 Å². The Morgan fingerprint density at radius 1 is 1.31 bits per heavy atom. The molecule has 1 unspecified atom stereocenters. The fraction of sp³-hybridized carbons (Fsp3) is 0.364. The van der Waals surface area contributed by atoms with E-state index in [9.17, 15) is 0 Å². The average Bonchev–Trinajstić information content (AvgIpc) is 2.80. The highest BCUT2D eigenvalue weighted by Gasteiger charge is 2.12. The van der Waals surface area contributed by atoms with Crippen LogP contribution in [0.5, 0.6) is 0 Å². The normalized spacial score (nSPS) is 21.2. The van der Waals surface area contributed by atoms with Gasteiger partial charge in [0.1, 0.15) is 0 Å². The molecule has 1 N–H and O–H groups in total. The van der Waals surface area contributed by atoms with Gasteiger partial charge in [-0.15, -0.1) is 0 Å². The fourth-order valence-corrected chi connectivity index (χ4v) is 1.29. The molecule has 2 heteroatoms. The van der Waals surface area contributed by atoms with Gasteiger partial charge in [-0.1, -0.05) is 24.3 Å². The summed E-state index contributed by atoms with van der Waals surface area (Å²) in [5, 5.41) is 2.98. The highest BCUT2D eigenvalue weighted by molar-refractivity contribution is 5.56. The summed E-state index contributed by atoms with van der Waals surface area (Å²) in [7, 11) is 0. The number of aliphatic imine (C=N–C) groups is 1. The molecular weight excluding hydrogens is 160 g/mol. The molecule has 0 fully saturated rings. The number of hydrogen-bond donors (Lipinski definition) is 1. The molecule has 0 spiro atoms. The number of hydrogen-bond acceptors (Lipinski definition) is 2. The van der Waals surface area contributed by atoms with Crippen LogP contribution in [0.2, 0.25) is 0 Å². The lowest BCUT2D eigenvalue weighted by Gasteiger charge is -1.89. The van der Waals surface area contributed by atoms with Crippen molar-refractivity contribution in [1.82, 2.24) is 5.32 Å². The first-order valence-corrected chi connectivity index (χ1v) is 4.68. The summed E-state index contributed by atoms with van der Waals surface area (Å²) in [6.07, 6.45) is 3.00. The molecule has 0 saturated carbocycles. The maximum Gasteiger partial charge on any atom is 0.0828 e. The Bertz CT molecular complexity index is 297. The molecule has 1 heterocycles. The molecule has 68 valence electrons. The van der Waals surface area contributed by atoms with E-state index in [1.165, 1.54) is 17.5 Å². The summed E-state index contributed by atoms with van der Waals surface area (Å²) in [5.41, 5.74) is 3.06. The smallest absolute Gasteiger partial charge is 0.0828 e. The molecule has 2 aliphatic rings. The molecule has 1 atom stereocenters. The second-order valence-electron chi connectivity index (χ2n) is 3.48. The molecule has 1 aliphatic heterocycles. The van der Waals surface area contributed by atoms with E-state index in [1.807, 2.05) is 0 Å². The molecule has 1 aliphatic carbocycles. The predicted molar refractivity (Wildman–Crippen MR) is 55.2 cm³/mol. The zero-order chi connectivity index (χ0) is 9.10. The van der Waals surface area contributed by atoms with Crippen LogP contribution < -0.4 is 5.32 Å². The lowest BCUT2D eigenvalue weighted by molar-refractivity contribution is 0.766. The highest BCUT2D eigenvalue weighted by atomic mass is 15.0. The molecule has 1 aromatic rings. The number of benzene rings is 1. The zero-order valence-electron chi connectivity index (χ0n) is 7.83. The molecule has 0 bridgehead atoms. The van der Waals surface area contributed by atoms with Gasteiger partial charge in [0.25, 0.3) is 0 Å². The summed E-state index contributed by atoms with van der Waals surface area (Å²) in [6, 6.07) is 9.03. The SMILES string of the molecule is CC1CNC=N1.c1ccc2c(c1)C2. The number of rotatable bonds is 0. The maximum atomic E-state index is 4.00. The van der Waals surface area contributed by atoms with E-state index in [4.69, 9.17) is 0 Å². The van der Waals surface area contributed by atoms with E-state index in [0.717, 1.165) is 6.54 Å². The Hall–Kier alpha value is -1.31. The quantitative estimate of drug-likeness (QED) is 0.644. The third-order valence-electron chi connectivity index (χ3n) is 2.21. The van der Waals surface area contributed by atoms with Gasteiger partial charge in [0.15, 0.2) is 0 Å². The largest absolute Gasteiger partial charge is 0.374 e. The van der Waals surface area contributed by atoms with E-state index in [2.05, 4.69) is 41.5 Å². The minimum Gasteiger partial charge on any atom is -0.374 e. The monoisotopic (exact) mass is 174 g/mol. The average molecular weight is 174 g/mol. The lowest BCUT2D eigenvalue weighted by atomic mass is 10.4. The van der Waals surface area contributed by atoms with Crippen LogP contribution in [0.25, 0.3) is 0 Å². The first-order chi connectivity index (χ1) is 6.36. The van der Waals surface area contributed by atoms with Crippen LogP contribution in [-0.2, 0) is 6.42 Å². The standard InChI is InChI=1S/C7H6.C4H8N2/c1-2-4-7-5-6(7)3-1;1-4-2-5-3-6-4/h1-4H,5H2;3-4H,2H2,1H3,(H,5,6). The molecule has 3 rings (SSSR count). The summed E-state index contributed by atoms with van der Waals surface area (Å²) in [6.45, 7) is 3.09. The Morgan fingerprint density at radius 2 is 2.00 bits per heavy atom. The van der Waals surface area contributed by atoms with Gasteiger partial charge in [0, 0.05) is 6.54 Å². The molecular formula is C11H14N2. The summed E-state index contributed by atoms with van der Waals surface area (Å²) in [4.78, 5) is 4.00. The van der Waals surface area contributed by atoms with Crippen LogP contribution in [-0.4, -0.2) is 18.9 Å². The fourth-order valence-electron chi connectivity index (χ4n) is 1.29. The minimum absolute atomic E-state index is 0.505. The van der Waals surface area contributed by atoms with E-state index in [-0.39, 0.29) is 0 Å². The Morgan fingerprint density at radius 3 is 2.31 bits per heavy atom. The third-order valence-corrected chi connectivity index (χ3v) is 2.21. The van der Waals surface area contributed by atoms with Crippen LogP contribution in [0.3, 0.4) is 0 Å². The van der Waals surface area contributed by atoms with E-state index in [1.54, 1.807) is 6.34 Å². The van der Waals surface area contributed by atoms with Gasteiger partial charge < -0.3 is 5.32 Å². The van der Waals surface area contributed by atoms with Crippen LogP contribution in [0.4, 0.5) is 0 Å². The number of nitrogens with zero attached hydrogens (tertiary/aromatic N) is 1. The van der Waals surface area contributed by atoms with Crippen molar-refractivity contribution in [3.05, 3.63) is 35.4 Å². The van der Waals surface area contributed by atoms with Gasteiger partial charge in [-0.2, -0.15) is 0 Å². The van der Waals surface area contributed by atoms with Gasteiger partial charge in [-0.25, -0.2) is 0 Å². The van der Waals surface area contributed by atoms with Crippen LogP contribution >= 0.6 is 0 Å². The van der Waals surface area contributed by atoms with E-state index < -0.39 is 0 Å².